The van der Waals surface area contributed by atoms with Crippen molar-refractivity contribution in [2.24, 2.45) is 5.92 Å². The molecule has 0 spiro atoms. The van der Waals surface area contributed by atoms with E-state index in [1.165, 1.54) is 17.7 Å². The second-order valence-electron chi connectivity index (χ2n) is 5.85. The Morgan fingerprint density at radius 3 is 3.24 bits per heavy atom. The van der Waals surface area contributed by atoms with E-state index in [1.54, 1.807) is 0 Å². The van der Waals surface area contributed by atoms with Crippen molar-refractivity contribution in [2.75, 3.05) is 25.1 Å². The number of rotatable bonds is 3. The molecule has 2 aliphatic rings. The Morgan fingerprint density at radius 2 is 2.33 bits per heavy atom. The van der Waals surface area contributed by atoms with Crippen molar-refractivity contribution >= 4 is 5.69 Å². The minimum absolute atomic E-state index is 0.531. The monoisotopic (exact) mass is 285 g/mol. The summed E-state index contributed by atoms with van der Waals surface area (Å²) in [7, 11) is 0. The summed E-state index contributed by atoms with van der Waals surface area (Å²) in [6.45, 7) is 2.72. The molecule has 110 valence electrons. The highest BCUT2D eigenvalue weighted by atomic mass is 16.5. The van der Waals surface area contributed by atoms with Crippen LogP contribution in [0.3, 0.4) is 0 Å². The third kappa shape index (κ3) is 2.65. The van der Waals surface area contributed by atoms with Crippen LogP contribution in [-0.4, -0.2) is 29.9 Å². The minimum atomic E-state index is 0.531. The second-order valence-corrected chi connectivity index (χ2v) is 5.85. The van der Waals surface area contributed by atoms with E-state index < -0.39 is 0 Å². The van der Waals surface area contributed by atoms with Crippen LogP contribution in [-0.2, 0) is 17.6 Å². The smallest absolute Gasteiger partial charge is 0.257 e. The lowest BCUT2D eigenvalue weighted by atomic mass is 10.0. The summed E-state index contributed by atoms with van der Waals surface area (Å²) in [5.74, 6) is 1.94. The lowest BCUT2D eigenvalue weighted by Gasteiger charge is -2.17. The Hall–Kier alpha value is -1.88. The fourth-order valence-corrected chi connectivity index (χ4v) is 3.06. The fraction of sp³-hybridized carbons (Fsp3) is 0.500. The van der Waals surface area contributed by atoms with Crippen molar-refractivity contribution < 1.29 is 9.26 Å². The van der Waals surface area contributed by atoms with Gasteiger partial charge < -0.3 is 14.6 Å². The predicted octanol–water partition coefficient (Wildman–Crippen LogP) is 2.67. The number of aryl methyl sites for hydroxylation is 1. The zero-order valence-corrected chi connectivity index (χ0v) is 12.0. The summed E-state index contributed by atoms with van der Waals surface area (Å²) < 4.78 is 10.8. The van der Waals surface area contributed by atoms with Crippen LogP contribution in [0.5, 0.6) is 0 Å². The molecule has 0 bridgehead atoms. The molecule has 1 aromatic heterocycles. The van der Waals surface area contributed by atoms with E-state index in [-0.39, 0.29) is 0 Å². The lowest BCUT2D eigenvalue weighted by Crippen LogP contribution is -2.11. The molecule has 1 saturated heterocycles. The van der Waals surface area contributed by atoms with E-state index in [2.05, 4.69) is 27.6 Å². The fourth-order valence-electron chi connectivity index (χ4n) is 3.06. The van der Waals surface area contributed by atoms with Gasteiger partial charge in [-0.1, -0.05) is 5.16 Å². The van der Waals surface area contributed by atoms with E-state index in [1.807, 2.05) is 6.07 Å². The number of nitrogens with zero attached hydrogens (tertiary/aromatic N) is 2. The number of hydrogen-bond donors (Lipinski definition) is 1. The first-order valence-corrected chi connectivity index (χ1v) is 7.66. The van der Waals surface area contributed by atoms with Crippen LogP contribution in [0.4, 0.5) is 5.69 Å². The first kappa shape index (κ1) is 12.8. The largest absolute Gasteiger partial charge is 0.385 e. The van der Waals surface area contributed by atoms with Crippen molar-refractivity contribution in [3.8, 4) is 11.5 Å². The van der Waals surface area contributed by atoms with Crippen LogP contribution in [0.15, 0.2) is 22.7 Å². The summed E-state index contributed by atoms with van der Waals surface area (Å²) in [5, 5.41) is 7.53. The highest BCUT2D eigenvalue weighted by molar-refractivity contribution is 5.63. The Morgan fingerprint density at radius 1 is 1.33 bits per heavy atom. The molecule has 21 heavy (non-hydrogen) atoms. The molecular weight excluding hydrogens is 266 g/mol. The molecule has 1 atom stereocenters. The van der Waals surface area contributed by atoms with Gasteiger partial charge in [-0.15, -0.1) is 0 Å². The van der Waals surface area contributed by atoms with Gasteiger partial charge in [-0.2, -0.15) is 4.98 Å². The number of aromatic nitrogens is 2. The first-order valence-electron chi connectivity index (χ1n) is 7.66. The van der Waals surface area contributed by atoms with Crippen LogP contribution in [0, 0.1) is 5.92 Å². The van der Waals surface area contributed by atoms with Gasteiger partial charge in [0.25, 0.3) is 5.89 Å². The molecule has 1 N–H and O–H groups in total. The molecule has 5 heteroatoms. The maximum Gasteiger partial charge on any atom is 0.257 e. The lowest BCUT2D eigenvalue weighted by molar-refractivity contribution is 0.185. The van der Waals surface area contributed by atoms with Crippen LogP contribution in [0.1, 0.15) is 24.2 Å². The van der Waals surface area contributed by atoms with E-state index in [0.717, 1.165) is 50.4 Å². The quantitative estimate of drug-likeness (QED) is 0.939. The average Bonchev–Trinajstić information content (AvgIpc) is 3.19. The van der Waals surface area contributed by atoms with Gasteiger partial charge in [0.2, 0.25) is 0 Å². The SMILES string of the molecule is c1cc2c(cc1-c1nc(CC3CCOC3)no1)CCCN2. The molecule has 1 unspecified atom stereocenters. The zero-order valence-electron chi connectivity index (χ0n) is 12.0. The van der Waals surface area contributed by atoms with Crippen LogP contribution in [0.2, 0.25) is 0 Å². The highest BCUT2D eigenvalue weighted by Crippen LogP contribution is 2.28. The number of hydrogen-bond acceptors (Lipinski definition) is 5. The third-order valence-electron chi connectivity index (χ3n) is 4.25. The maximum absolute atomic E-state index is 5.43. The van der Waals surface area contributed by atoms with Gasteiger partial charge in [-0.3, -0.25) is 0 Å². The van der Waals surface area contributed by atoms with Crippen molar-refractivity contribution in [1.29, 1.82) is 0 Å². The molecule has 1 aromatic carbocycles. The minimum Gasteiger partial charge on any atom is -0.385 e. The van der Waals surface area contributed by atoms with Crippen molar-refractivity contribution in [3.05, 3.63) is 29.6 Å². The summed E-state index contributed by atoms with van der Waals surface area (Å²) in [6.07, 6.45) is 4.22. The molecular formula is C16H19N3O2. The van der Waals surface area contributed by atoms with Gasteiger partial charge in [0.15, 0.2) is 5.82 Å². The summed E-state index contributed by atoms with van der Waals surface area (Å²) in [6, 6.07) is 6.32. The van der Waals surface area contributed by atoms with Crippen molar-refractivity contribution in [2.45, 2.75) is 25.7 Å². The number of benzene rings is 1. The standard InChI is InChI=1S/C16H19N3O2/c1-2-12-9-13(3-4-14(12)17-6-1)16-18-15(19-21-16)8-11-5-7-20-10-11/h3-4,9,11,17H,1-2,5-8,10H2. The Bertz CT molecular complexity index is 632. The van der Waals surface area contributed by atoms with Gasteiger partial charge in [-0.05, 0) is 48.9 Å². The van der Waals surface area contributed by atoms with E-state index in [9.17, 15) is 0 Å². The maximum atomic E-state index is 5.43. The van der Waals surface area contributed by atoms with Crippen LogP contribution in [0.25, 0.3) is 11.5 Å². The average molecular weight is 285 g/mol. The number of anilines is 1. The molecule has 2 aliphatic heterocycles. The van der Waals surface area contributed by atoms with E-state index in [0.29, 0.717) is 11.8 Å². The van der Waals surface area contributed by atoms with Gasteiger partial charge in [0.1, 0.15) is 0 Å². The molecule has 0 radical (unpaired) electrons. The normalized spacial score (nSPS) is 21.0. The van der Waals surface area contributed by atoms with Gasteiger partial charge in [-0.25, -0.2) is 0 Å². The number of fused-ring (bicyclic) bond motifs is 1. The highest BCUT2D eigenvalue weighted by Gasteiger charge is 2.20. The molecule has 1 fully saturated rings. The van der Waals surface area contributed by atoms with E-state index >= 15 is 0 Å². The Balaban J connectivity index is 1.54. The molecule has 2 aromatic rings. The summed E-state index contributed by atoms with van der Waals surface area (Å²) >= 11 is 0. The van der Waals surface area contributed by atoms with Crippen LogP contribution >= 0.6 is 0 Å². The second kappa shape index (κ2) is 5.48. The third-order valence-corrected chi connectivity index (χ3v) is 4.25. The van der Waals surface area contributed by atoms with Crippen molar-refractivity contribution in [1.82, 2.24) is 10.1 Å². The number of ether oxygens (including phenoxy) is 1. The Kier molecular flexibility index (Phi) is 3.35. The Labute approximate surface area is 123 Å². The molecule has 0 amide bonds. The molecule has 0 aliphatic carbocycles. The first-order chi connectivity index (χ1) is 10.4. The van der Waals surface area contributed by atoms with Gasteiger partial charge in [0.05, 0.1) is 0 Å². The van der Waals surface area contributed by atoms with E-state index in [4.69, 9.17) is 9.26 Å². The summed E-state index contributed by atoms with van der Waals surface area (Å²) in [5.41, 5.74) is 3.58. The summed E-state index contributed by atoms with van der Waals surface area (Å²) in [4.78, 5) is 4.54. The van der Waals surface area contributed by atoms with Crippen LogP contribution < -0.4 is 5.32 Å². The topological polar surface area (TPSA) is 60.2 Å². The molecule has 5 nitrogen and oxygen atoms in total. The van der Waals surface area contributed by atoms with Crippen molar-refractivity contribution in [3.63, 3.8) is 0 Å². The number of nitrogens with one attached hydrogen (secondary N) is 1. The predicted molar refractivity (Wildman–Crippen MR) is 79.2 cm³/mol. The van der Waals surface area contributed by atoms with Gasteiger partial charge >= 0.3 is 0 Å². The molecule has 4 rings (SSSR count). The zero-order chi connectivity index (χ0) is 14.1. The van der Waals surface area contributed by atoms with Gasteiger partial charge in [0, 0.05) is 37.4 Å². The molecule has 0 saturated carbocycles. The molecule has 3 heterocycles.